The second-order valence-electron chi connectivity index (χ2n) is 5.22. The van der Waals surface area contributed by atoms with Crippen LogP contribution in [0.25, 0.3) is 0 Å². The fourth-order valence-electron chi connectivity index (χ4n) is 2.88. The number of aliphatic carboxylic acids is 1. The molecule has 0 saturated carbocycles. The van der Waals surface area contributed by atoms with Crippen molar-refractivity contribution in [1.29, 1.82) is 0 Å². The van der Waals surface area contributed by atoms with E-state index in [1.165, 1.54) is 0 Å². The molecule has 1 unspecified atom stereocenters. The van der Waals surface area contributed by atoms with Crippen LogP contribution in [0.4, 0.5) is 0 Å². The van der Waals surface area contributed by atoms with Gasteiger partial charge in [0.25, 0.3) is 0 Å². The van der Waals surface area contributed by atoms with E-state index in [-0.39, 0.29) is 0 Å². The van der Waals surface area contributed by atoms with E-state index in [9.17, 15) is 9.90 Å². The van der Waals surface area contributed by atoms with Gasteiger partial charge in [-0.2, -0.15) is 0 Å². The van der Waals surface area contributed by atoms with Gasteiger partial charge in [0.15, 0.2) is 0 Å². The summed E-state index contributed by atoms with van der Waals surface area (Å²) in [6, 6.07) is 9.97. The second kappa shape index (κ2) is 5.53. The molecule has 1 saturated heterocycles. The molecule has 1 aliphatic heterocycles. The third-order valence-electron chi connectivity index (χ3n) is 3.94. The molecule has 1 atom stereocenters. The van der Waals surface area contributed by atoms with Crippen molar-refractivity contribution in [1.82, 2.24) is 4.90 Å². The van der Waals surface area contributed by atoms with Crippen molar-refractivity contribution in [2.45, 2.75) is 26.2 Å². The summed E-state index contributed by atoms with van der Waals surface area (Å²) in [7, 11) is 0. The van der Waals surface area contributed by atoms with Crippen molar-refractivity contribution in [3.63, 3.8) is 0 Å². The summed E-state index contributed by atoms with van der Waals surface area (Å²) in [5.41, 5.74) is 0.521. The number of nitrogens with zero attached hydrogens (tertiary/aromatic N) is 1. The van der Waals surface area contributed by atoms with Crippen molar-refractivity contribution >= 4 is 5.97 Å². The maximum absolute atomic E-state index is 11.7. The summed E-state index contributed by atoms with van der Waals surface area (Å²) in [6.07, 6.45) is 2.40. The molecule has 1 fully saturated rings. The summed E-state index contributed by atoms with van der Waals surface area (Å²) in [5, 5.41) is 9.64. The Bertz CT molecular complexity index is 404. The number of hydrogen-bond donors (Lipinski definition) is 1. The van der Waals surface area contributed by atoms with Crippen LogP contribution in [0.3, 0.4) is 0 Å². The Morgan fingerprint density at radius 3 is 2.72 bits per heavy atom. The minimum Gasteiger partial charge on any atom is -0.481 e. The highest BCUT2D eigenvalue weighted by molar-refractivity contribution is 5.75. The van der Waals surface area contributed by atoms with E-state index in [0.29, 0.717) is 13.0 Å². The molecule has 0 bridgehead atoms. The van der Waals surface area contributed by atoms with Gasteiger partial charge in [0.1, 0.15) is 0 Å². The minimum atomic E-state index is -0.649. The van der Waals surface area contributed by atoms with Crippen LogP contribution in [0.15, 0.2) is 30.3 Å². The molecule has 0 amide bonds. The molecule has 98 valence electrons. The topological polar surface area (TPSA) is 40.5 Å². The lowest BCUT2D eigenvalue weighted by Gasteiger charge is -2.39. The highest BCUT2D eigenvalue weighted by Gasteiger charge is 2.41. The Kier molecular flexibility index (Phi) is 4.02. The van der Waals surface area contributed by atoms with Crippen LogP contribution in [-0.2, 0) is 11.2 Å². The van der Waals surface area contributed by atoms with Gasteiger partial charge in [-0.3, -0.25) is 4.79 Å². The number of piperidine rings is 1. The van der Waals surface area contributed by atoms with Gasteiger partial charge in [-0.15, -0.1) is 0 Å². The zero-order valence-corrected chi connectivity index (χ0v) is 10.9. The first-order valence-electron chi connectivity index (χ1n) is 6.66. The molecule has 0 radical (unpaired) electrons. The van der Waals surface area contributed by atoms with Crippen molar-refractivity contribution in [2.75, 3.05) is 19.6 Å². The maximum atomic E-state index is 11.7. The van der Waals surface area contributed by atoms with E-state index in [2.05, 4.69) is 11.8 Å². The SMILES string of the molecule is CCN1CCCC(Cc2ccccc2)(C(=O)O)C1. The molecule has 18 heavy (non-hydrogen) atoms. The number of carboxylic acid groups (broad SMARTS) is 1. The first kappa shape index (κ1) is 13.1. The fourth-order valence-corrected chi connectivity index (χ4v) is 2.88. The summed E-state index contributed by atoms with van der Waals surface area (Å²) in [5.74, 6) is -0.649. The fraction of sp³-hybridized carbons (Fsp3) is 0.533. The number of hydrogen-bond acceptors (Lipinski definition) is 2. The molecule has 1 N–H and O–H groups in total. The molecule has 1 aliphatic rings. The number of benzene rings is 1. The molecule has 0 aromatic heterocycles. The quantitative estimate of drug-likeness (QED) is 0.888. The Morgan fingerprint density at radius 1 is 1.39 bits per heavy atom. The number of carboxylic acids is 1. The van der Waals surface area contributed by atoms with Gasteiger partial charge >= 0.3 is 5.97 Å². The third-order valence-corrected chi connectivity index (χ3v) is 3.94. The summed E-state index contributed by atoms with van der Waals surface area (Å²) < 4.78 is 0. The van der Waals surface area contributed by atoms with Gasteiger partial charge in [0.05, 0.1) is 5.41 Å². The number of likely N-dealkylation sites (tertiary alicyclic amines) is 1. The van der Waals surface area contributed by atoms with E-state index in [4.69, 9.17) is 0 Å². The van der Waals surface area contributed by atoms with Crippen LogP contribution in [0.1, 0.15) is 25.3 Å². The van der Waals surface area contributed by atoms with Gasteiger partial charge in [-0.25, -0.2) is 0 Å². The molecule has 2 rings (SSSR count). The number of rotatable bonds is 4. The summed E-state index contributed by atoms with van der Waals surface area (Å²) in [4.78, 5) is 14.0. The van der Waals surface area contributed by atoms with Crippen LogP contribution in [0.2, 0.25) is 0 Å². The molecule has 0 spiro atoms. The van der Waals surface area contributed by atoms with Crippen LogP contribution in [0, 0.1) is 5.41 Å². The lowest BCUT2D eigenvalue weighted by molar-refractivity contribution is -0.152. The smallest absolute Gasteiger partial charge is 0.311 e. The molecule has 1 aromatic carbocycles. The summed E-state index contributed by atoms with van der Waals surface area (Å²) in [6.45, 7) is 4.73. The molecule has 0 aliphatic carbocycles. The number of carbonyl (C=O) groups is 1. The van der Waals surface area contributed by atoms with Crippen molar-refractivity contribution < 1.29 is 9.90 Å². The maximum Gasteiger partial charge on any atom is 0.311 e. The Labute approximate surface area is 108 Å². The van der Waals surface area contributed by atoms with Gasteiger partial charge in [0.2, 0.25) is 0 Å². The zero-order chi connectivity index (χ0) is 13.0. The average Bonchev–Trinajstić information content (AvgIpc) is 2.40. The first-order chi connectivity index (χ1) is 8.66. The van der Waals surface area contributed by atoms with E-state index in [0.717, 1.165) is 31.5 Å². The van der Waals surface area contributed by atoms with E-state index in [1.54, 1.807) is 0 Å². The van der Waals surface area contributed by atoms with Crippen LogP contribution in [0.5, 0.6) is 0 Å². The second-order valence-corrected chi connectivity index (χ2v) is 5.22. The Balaban J connectivity index is 2.19. The molecule has 1 aromatic rings. The standard InChI is InChI=1S/C15H21NO2/c1-2-16-10-6-9-15(12-16,14(17)18)11-13-7-4-3-5-8-13/h3-5,7-8H,2,6,9-12H2,1H3,(H,17,18). The molecular weight excluding hydrogens is 226 g/mol. The lowest BCUT2D eigenvalue weighted by Crippen LogP contribution is -2.49. The molecule has 3 heteroatoms. The third kappa shape index (κ3) is 2.72. The van der Waals surface area contributed by atoms with Gasteiger partial charge in [-0.05, 0) is 37.9 Å². The highest BCUT2D eigenvalue weighted by Crippen LogP contribution is 2.34. The zero-order valence-electron chi connectivity index (χ0n) is 10.9. The Morgan fingerprint density at radius 2 is 2.11 bits per heavy atom. The molecule has 3 nitrogen and oxygen atoms in total. The predicted octanol–water partition coefficient (Wildman–Crippen LogP) is 2.42. The minimum absolute atomic E-state index is 0.602. The largest absolute Gasteiger partial charge is 0.481 e. The van der Waals surface area contributed by atoms with Crippen LogP contribution >= 0.6 is 0 Å². The van der Waals surface area contributed by atoms with Gasteiger partial charge in [-0.1, -0.05) is 37.3 Å². The normalized spacial score (nSPS) is 24.9. The van der Waals surface area contributed by atoms with Gasteiger partial charge < -0.3 is 10.0 Å². The monoisotopic (exact) mass is 247 g/mol. The summed E-state index contributed by atoms with van der Waals surface area (Å²) >= 11 is 0. The first-order valence-corrected chi connectivity index (χ1v) is 6.66. The predicted molar refractivity (Wildman–Crippen MR) is 71.6 cm³/mol. The van der Waals surface area contributed by atoms with Crippen molar-refractivity contribution in [2.24, 2.45) is 5.41 Å². The van der Waals surface area contributed by atoms with Crippen LogP contribution < -0.4 is 0 Å². The van der Waals surface area contributed by atoms with Crippen LogP contribution in [-0.4, -0.2) is 35.6 Å². The van der Waals surface area contributed by atoms with E-state index in [1.807, 2.05) is 30.3 Å². The van der Waals surface area contributed by atoms with E-state index >= 15 is 0 Å². The van der Waals surface area contributed by atoms with E-state index < -0.39 is 11.4 Å². The lowest BCUT2D eigenvalue weighted by atomic mass is 9.75. The average molecular weight is 247 g/mol. The highest BCUT2D eigenvalue weighted by atomic mass is 16.4. The van der Waals surface area contributed by atoms with Gasteiger partial charge in [0, 0.05) is 6.54 Å². The van der Waals surface area contributed by atoms with Crippen molar-refractivity contribution in [3.05, 3.63) is 35.9 Å². The Hall–Kier alpha value is -1.35. The molecular formula is C15H21NO2. The molecule has 1 heterocycles. The van der Waals surface area contributed by atoms with Crippen molar-refractivity contribution in [3.8, 4) is 0 Å².